The van der Waals surface area contributed by atoms with Crippen LogP contribution in [0.1, 0.15) is 37.1 Å². The molecule has 0 spiro atoms. The molecular formula is C11H14FN3S. The molecule has 0 atom stereocenters. The summed E-state index contributed by atoms with van der Waals surface area (Å²) in [6.45, 7) is 0. The predicted octanol–water partition coefficient (Wildman–Crippen LogP) is 2.85. The van der Waals surface area contributed by atoms with Gasteiger partial charge in [0.05, 0.1) is 5.83 Å². The van der Waals surface area contributed by atoms with Crippen molar-refractivity contribution >= 4 is 16.5 Å². The minimum absolute atomic E-state index is 0.155. The van der Waals surface area contributed by atoms with Crippen molar-refractivity contribution in [1.82, 2.24) is 10.2 Å². The number of halogens is 1. The predicted molar refractivity (Wildman–Crippen MR) is 61.7 cm³/mol. The van der Waals surface area contributed by atoms with Crippen molar-refractivity contribution in [2.45, 2.75) is 38.5 Å². The van der Waals surface area contributed by atoms with Crippen LogP contribution in [0.5, 0.6) is 0 Å². The molecule has 1 saturated carbocycles. The Balaban J connectivity index is 1.61. The van der Waals surface area contributed by atoms with Gasteiger partial charge < -0.3 is 5.73 Å². The monoisotopic (exact) mass is 239 g/mol. The number of hydrogen-bond acceptors (Lipinski definition) is 4. The highest BCUT2D eigenvalue weighted by Gasteiger charge is 2.45. The van der Waals surface area contributed by atoms with E-state index in [1.165, 1.54) is 11.3 Å². The van der Waals surface area contributed by atoms with Crippen molar-refractivity contribution in [2.24, 2.45) is 5.41 Å². The number of fused-ring (bicyclic) bond motifs is 2. The van der Waals surface area contributed by atoms with E-state index < -0.39 is 0 Å². The van der Waals surface area contributed by atoms with E-state index in [1.54, 1.807) is 0 Å². The van der Waals surface area contributed by atoms with E-state index >= 15 is 0 Å². The largest absolute Gasteiger partial charge is 0.374 e. The van der Waals surface area contributed by atoms with Crippen LogP contribution in [-0.4, -0.2) is 10.2 Å². The average molecular weight is 239 g/mol. The molecule has 2 N–H and O–H groups in total. The van der Waals surface area contributed by atoms with Gasteiger partial charge in [-0.3, -0.25) is 0 Å². The second kappa shape index (κ2) is 3.52. The summed E-state index contributed by atoms with van der Waals surface area (Å²) in [7, 11) is 0. The van der Waals surface area contributed by atoms with Gasteiger partial charge in [-0.15, -0.1) is 10.2 Å². The Morgan fingerprint density at radius 3 is 2.75 bits per heavy atom. The smallest absolute Gasteiger partial charge is 0.203 e. The van der Waals surface area contributed by atoms with Crippen molar-refractivity contribution < 1.29 is 4.39 Å². The van der Waals surface area contributed by atoms with Gasteiger partial charge in [0.1, 0.15) is 5.01 Å². The third-order valence-corrected chi connectivity index (χ3v) is 4.60. The minimum Gasteiger partial charge on any atom is -0.374 e. The van der Waals surface area contributed by atoms with E-state index in [2.05, 4.69) is 10.2 Å². The number of aryl methyl sites for hydroxylation is 1. The quantitative estimate of drug-likeness (QED) is 0.882. The van der Waals surface area contributed by atoms with Crippen LogP contribution in [-0.2, 0) is 6.42 Å². The molecule has 1 fully saturated rings. The van der Waals surface area contributed by atoms with Crippen LogP contribution in [0.2, 0.25) is 0 Å². The zero-order valence-corrected chi connectivity index (χ0v) is 9.82. The standard InChI is InChI=1S/C11H14FN3S/c12-8-1-3-11(5-7(8)6-11)4-2-9-14-15-10(13)16-9/h1-6H2,(H2,13,15). The SMILES string of the molecule is Nc1nnc(CCC23CCC(F)=C(C2)C3)s1. The number of rotatable bonds is 3. The Morgan fingerprint density at radius 2 is 2.19 bits per heavy atom. The topological polar surface area (TPSA) is 51.8 Å². The number of nitrogens with two attached hydrogens (primary N) is 1. The van der Waals surface area contributed by atoms with E-state index in [1.807, 2.05) is 0 Å². The van der Waals surface area contributed by atoms with Gasteiger partial charge in [0.15, 0.2) is 0 Å². The average Bonchev–Trinajstić information content (AvgIpc) is 2.62. The molecule has 3 aliphatic carbocycles. The highest BCUT2D eigenvalue weighted by atomic mass is 32.1. The lowest BCUT2D eigenvalue weighted by molar-refractivity contribution is 0.136. The highest BCUT2D eigenvalue weighted by Crippen LogP contribution is 2.57. The third kappa shape index (κ3) is 1.63. The van der Waals surface area contributed by atoms with Crippen molar-refractivity contribution in [3.8, 4) is 0 Å². The van der Waals surface area contributed by atoms with Gasteiger partial charge in [-0.05, 0) is 43.1 Å². The Bertz CT molecular complexity index is 444. The van der Waals surface area contributed by atoms with Crippen LogP contribution in [0.25, 0.3) is 0 Å². The number of allylic oxidation sites excluding steroid dienone is 2. The zero-order valence-electron chi connectivity index (χ0n) is 9.00. The molecule has 5 heteroatoms. The molecule has 0 aromatic carbocycles. The molecule has 3 aliphatic rings. The van der Waals surface area contributed by atoms with E-state index in [-0.39, 0.29) is 5.83 Å². The van der Waals surface area contributed by atoms with Gasteiger partial charge in [0.25, 0.3) is 0 Å². The van der Waals surface area contributed by atoms with Crippen LogP contribution >= 0.6 is 11.3 Å². The molecule has 1 aromatic heterocycles. The zero-order chi connectivity index (χ0) is 11.2. The summed E-state index contributed by atoms with van der Waals surface area (Å²) in [5.41, 5.74) is 6.96. The fourth-order valence-electron chi connectivity index (χ4n) is 2.82. The fourth-order valence-corrected chi connectivity index (χ4v) is 3.42. The molecule has 0 saturated heterocycles. The Labute approximate surface area is 97.6 Å². The van der Waals surface area contributed by atoms with Crippen molar-refractivity contribution in [3.05, 3.63) is 16.4 Å². The first-order chi connectivity index (χ1) is 7.67. The lowest BCUT2D eigenvalue weighted by atomic mass is 9.57. The highest BCUT2D eigenvalue weighted by molar-refractivity contribution is 7.15. The van der Waals surface area contributed by atoms with Crippen molar-refractivity contribution in [1.29, 1.82) is 0 Å². The number of nitrogens with zero attached hydrogens (tertiary/aromatic N) is 2. The first-order valence-corrected chi connectivity index (χ1v) is 6.43. The Morgan fingerprint density at radius 1 is 1.38 bits per heavy atom. The summed E-state index contributed by atoms with van der Waals surface area (Å²) in [6, 6.07) is 0. The molecule has 16 heavy (non-hydrogen) atoms. The Kier molecular flexibility index (Phi) is 2.24. The summed E-state index contributed by atoms with van der Waals surface area (Å²) < 4.78 is 13.2. The van der Waals surface area contributed by atoms with E-state index in [0.717, 1.165) is 42.7 Å². The maximum absolute atomic E-state index is 13.2. The van der Waals surface area contributed by atoms with Crippen LogP contribution in [0.15, 0.2) is 11.4 Å². The van der Waals surface area contributed by atoms with Crippen LogP contribution in [0.3, 0.4) is 0 Å². The van der Waals surface area contributed by atoms with E-state index in [9.17, 15) is 4.39 Å². The molecule has 1 heterocycles. The molecule has 0 amide bonds. The first-order valence-electron chi connectivity index (χ1n) is 5.61. The second-order valence-corrected chi connectivity index (χ2v) is 5.99. The molecule has 0 unspecified atom stereocenters. The number of aromatic nitrogens is 2. The van der Waals surface area contributed by atoms with Gasteiger partial charge in [-0.1, -0.05) is 11.3 Å². The molecular weight excluding hydrogens is 225 g/mol. The maximum Gasteiger partial charge on any atom is 0.203 e. The molecule has 0 radical (unpaired) electrons. The lowest BCUT2D eigenvalue weighted by Crippen LogP contribution is -2.36. The van der Waals surface area contributed by atoms with E-state index in [4.69, 9.17) is 5.73 Å². The number of hydrogen-bond donors (Lipinski definition) is 1. The summed E-state index contributed by atoms with van der Waals surface area (Å²) in [4.78, 5) is 0. The van der Waals surface area contributed by atoms with Gasteiger partial charge in [-0.25, -0.2) is 4.39 Å². The van der Waals surface area contributed by atoms with Gasteiger partial charge in [-0.2, -0.15) is 0 Å². The van der Waals surface area contributed by atoms with Gasteiger partial charge in [0, 0.05) is 6.42 Å². The molecule has 4 rings (SSSR count). The molecule has 0 aliphatic heterocycles. The molecule has 1 aromatic rings. The fraction of sp³-hybridized carbons (Fsp3) is 0.636. The third-order valence-electron chi connectivity index (χ3n) is 3.79. The van der Waals surface area contributed by atoms with Crippen molar-refractivity contribution in [2.75, 3.05) is 5.73 Å². The van der Waals surface area contributed by atoms with Crippen molar-refractivity contribution in [3.63, 3.8) is 0 Å². The summed E-state index contributed by atoms with van der Waals surface area (Å²) in [5.74, 6) is 0.155. The molecule has 86 valence electrons. The summed E-state index contributed by atoms with van der Waals surface area (Å²) in [6.07, 6.45) is 5.60. The van der Waals surface area contributed by atoms with Gasteiger partial charge in [0.2, 0.25) is 5.13 Å². The number of anilines is 1. The summed E-state index contributed by atoms with van der Waals surface area (Å²) in [5, 5.41) is 9.37. The second-order valence-electron chi connectivity index (χ2n) is 4.90. The molecule has 2 bridgehead atoms. The molecule has 3 nitrogen and oxygen atoms in total. The lowest BCUT2D eigenvalue weighted by Gasteiger charge is -2.48. The maximum atomic E-state index is 13.2. The van der Waals surface area contributed by atoms with E-state index in [0.29, 0.717) is 17.0 Å². The Hall–Kier alpha value is -0.970. The normalized spacial score (nSPS) is 22.1. The van der Waals surface area contributed by atoms with Crippen LogP contribution in [0.4, 0.5) is 9.52 Å². The van der Waals surface area contributed by atoms with Crippen LogP contribution < -0.4 is 5.73 Å². The number of nitrogen functional groups attached to an aromatic ring is 1. The summed E-state index contributed by atoms with van der Waals surface area (Å²) >= 11 is 1.46. The first kappa shape index (κ1) is 10.2. The van der Waals surface area contributed by atoms with Crippen LogP contribution in [0, 0.1) is 5.41 Å². The van der Waals surface area contributed by atoms with Gasteiger partial charge >= 0.3 is 0 Å². The minimum atomic E-state index is 0.155.